The molecule has 2 rings (SSSR count). The lowest BCUT2D eigenvalue weighted by molar-refractivity contribution is 0.0983. The van der Waals surface area contributed by atoms with Crippen LogP contribution in [0.1, 0.15) is 27.9 Å². The van der Waals surface area contributed by atoms with Crippen LogP contribution in [0, 0.1) is 11.3 Å². The molecule has 0 radical (unpaired) electrons. The largest absolute Gasteiger partial charge is 0.294 e. The number of nitrogens with zero attached hydrogens (tertiary/aromatic N) is 1. The first-order chi connectivity index (χ1) is 9.19. The maximum Gasteiger partial charge on any atom is 0.163 e. The van der Waals surface area contributed by atoms with Gasteiger partial charge >= 0.3 is 0 Å². The van der Waals surface area contributed by atoms with E-state index in [0.29, 0.717) is 24.0 Å². The fourth-order valence-corrected chi connectivity index (χ4v) is 2.30. The number of benzene rings is 2. The molecule has 2 nitrogen and oxygen atoms in total. The molecule has 0 saturated carbocycles. The van der Waals surface area contributed by atoms with Gasteiger partial charge < -0.3 is 0 Å². The van der Waals surface area contributed by atoms with E-state index in [9.17, 15) is 4.79 Å². The zero-order valence-electron chi connectivity index (χ0n) is 10.3. The van der Waals surface area contributed by atoms with E-state index in [4.69, 9.17) is 5.26 Å². The molecular formula is C16H12BrNO. The number of Topliss-reactive ketones (excluding diaryl/α,β-unsaturated/α-hetero) is 1. The number of ketones is 1. The molecule has 0 heterocycles. The van der Waals surface area contributed by atoms with E-state index >= 15 is 0 Å². The highest BCUT2D eigenvalue weighted by Gasteiger charge is 2.07. The van der Waals surface area contributed by atoms with Crippen LogP contribution in [0.25, 0.3) is 0 Å². The number of hydrogen-bond acceptors (Lipinski definition) is 2. The molecule has 0 aromatic heterocycles. The summed E-state index contributed by atoms with van der Waals surface area (Å²) in [5.41, 5.74) is 2.25. The van der Waals surface area contributed by atoms with Crippen LogP contribution in [0.3, 0.4) is 0 Å². The third-order valence-corrected chi connectivity index (χ3v) is 3.34. The fourth-order valence-electron chi connectivity index (χ4n) is 1.86. The van der Waals surface area contributed by atoms with Crippen molar-refractivity contribution in [1.82, 2.24) is 0 Å². The van der Waals surface area contributed by atoms with E-state index in [0.717, 1.165) is 10.0 Å². The molecule has 19 heavy (non-hydrogen) atoms. The van der Waals surface area contributed by atoms with Gasteiger partial charge in [0.05, 0.1) is 11.6 Å². The first-order valence-electron chi connectivity index (χ1n) is 5.97. The molecule has 0 unspecified atom stereocenters. The average Bonchev–Trinajstić information content (AvgIpc) is 2.45. The molecule has 0 spiro atoms. The molecule has 94 valence electrons. The molecule has 2 aromatic carbocycles. The fraction of sp³-hybridized carbons (Fsp3) is 0.125. The molecule has 0 bridgehead atoms. The average molecular weight is 314 g/mol. The summed E-state index contributed by atoms with van der Waals surface area (Å²) in [7, 11) is 0. The molecular weight excluding hydrogens is 302 g/mol. The minimum atomic E-state index is 0.0667. The summed E-state index contributed by atoms with van der Waals surface area (Å²) in [6, 6.07) is 16.8. The predicted molar refractivity (Wildman–Crippen MR) is 78.0 cm³/mol. The van der Waals surface area contributed by atoms with Crippen molar-refractivity contribution in [2.24, 2.45) is 0 Å². The molecule has 0 atom stereocenters. The number of carbonyl (C=O) groups excluding carboxylic acids is 1. The van der Waals surface area contributed by atoms with Crippen LogP contribution in [-0.2, 0) is 6.42 Å². The predicted octanol–water partition coefficient (Wildman–Crippen LogP) is 4.14. The van der Waals surface area contributed by atoms with Crippen LogP contribution in [0.4, 0.5) is 0 Å². The lowest BCUT2D eigenvalue weighted by Gasteiger charge is -2.03. The van der Waals surface area contributed by atoms with Crippen LogP contribution in [0.2, 0.25) is 0 Å². The van der Waals surface area contributed by atoms with E-state index in [2.05, 4.69) is 15.9 Å². The van der Waals surface area contributed by atoms with Crippen LogP contribution in [0.15, 0.2) is 53.0 Å². The maximum atomic E-state index is 12.0. The van der Waals surface area contributed by atoms with Crippen molar-refractivity contribution >= 4 is 21.7 Å². The Morgan fingerprint density at radius 3 is 2.68 bits per heavy atom. The molecule has 3 heteroatoms. The van der Waals surface area contributed by atoms with E-state index in [1.807, 2.05) is 30.3 Å². The van der Waals surface area contributed by atoms with Gasteiger partial charge in [-0.15, -0.1) is 0 Å². The Morgan fingerprint density at radius 1 is 1.16 bits per heavy atom. The lowest BCUT2D eigenvalue weighted by atomic mass is 10.0. The smallest absolute Gasteiger partial charge is 0.163 e. The lowest BCUT2D eigenvalue weighted by Crippen LogP contribution is -2.01. The minimum absolute atomic E-state index is 0.0667. The van der Waals surface area contributed by atoms with Gasteiger partial charge in [0.15, 0.2) is 5.78 Å². The second-order valence-electron chi connectivity index (χ2n) is 4.25. The molecule has 0 amide bonds. The summed E-state index contributed by atoms with van der Waals surface area (Å²) in [6.45, 7) is 0. The van der Waals surface area contributed by atoms with Gasteiger partial charge in [-0.1, -0.05) is 40.2 Å². The van der Waals surface area contributed by atoms with Gasteiger partial charge in [0.2, 0.25) is 0 Å². The van der Waals surface area contributed by atoms with Crippen LogP contribution in [-0.4, -0.2) is 5.78 Å². The zero-order chi connectivity index (χ0) is 13.7. The maximum absolute atomic E-state index is 12.0. The normalized spacial score (nSPS) is 9.89. The number of nitriles is 1. The molecule has 0 saturated heterocycles. The Labute approximate surface area is 120 Å². The Kier molecular flexibility index (Phi) is 4.48. The topological polar surface area (TPSA) is 40.9 Å². The number of hydrogen-bond donors (Lipinski definition) is 0. The van der Waals surface area contributed by atoms with Gasteiger partial charge in [-0.25, -0.2) is 0 Å². The number of aryl methyl sites for hydroxylation is 1. The number of carbonyl (C=O) groups is 1. The van der Waals surface area contributed by atoms with E-state index in [1.165, 1.54) is 0 Å². The highest BCUT2D eigenvalue weighted by atomic mass is 79.9. The monoisotopic (exact) mass is 313 g/mol. The third-order valence-electron chi connectivity index (χ3n) is 2.84. The molecule has 0 N–H and O–H groups in total. The van der Waals surface area contributed by atoms with Gasteiger partial charge in [-0.05, 0) is 36.2 Å². The van der Waals surface area contributed by atoms with Gasteiger partial charge in [0.1, 0.15) is 0 Å². The van der Waals surface area contributed by atoms with Gasteiger partial charge in [0.25, 0.3) is 0 Å². The van der Waals surface area contributed by atoms with E-state index < -0.39 is 0 Å². The summed E-state index contributed by atoms with van der Waals surface area (Å²) in [5, 5.41) is 8.82. The summed E-state index contributed by atoms with van der Waals surface area (Å²) in [4.78, 5) is 12.0. The Bertz CT molecular complexity index is 643. The summed E-state index contributed by atoms with van der Waals surface area (Å²) < 4.78 is 1.02. The second kappa shape index (κ2) is 6.31. The summed E-state index contributed by atoms with van der Waals surface area (Å²) in [5.74, 6) is 0.0667. The third kappa shape index (κ3) is 3.77. The van der Waals surface area contributed by atoms with Crippen molar-refractivity contribution in [2.45, 2.75) is 12.8 Å². The Morgan fingerprint density at radius 2 is 1.95 bits per heavy atom. The Hall–Kier alpha value is -1.92. The molecule has 0 aliphatic carbocycles. The van der Waals surface area contributed by atoms with Crippen LogP contribution in [0.5, 0.6) is 0 Å². The van der Waals surface area contributed by atoms with Gasteiger partial charge in [-0.2, -0.15) is 5.26 Å². The Balaban J connectivity index is 2.03. The van der Waals surface area contributed by atoms with Crippen molar-refractivity contribution in [3.8, 4) is 6.07 Å². The van der Waals surface area contributed by atoms with Crippen LogP contribution >= 0.6 is 15.9 Å². The molecule has 0 aliphatic heterocycles. The summed E-state index contributed by atoms with van der Waals surface area (Å²) >= 11 is 3.41. The molecule has 2 aromatic rings. The standard InChI is InChI=1S/C16H12BrNO/c17-15-6-2-3-12(10-15)7-8-16(19)14-5-1-4-13(9-14)11-18/h1-6,9-10H,7-8H2. The van der Waals surface area contributed by atoms with Crippen molar-refractivity contribution in [1.29, 1.82) is 5.26 Å². The summed E-state index contributed by atoms with van der Waals surface area (Å²) in [6.07, 6.45) is 1.15. The van der Waals surface area contributed by atoms with E-state index in [-0.39, 0.29) is 5.78 Å². The zero-order valence-corrected chi connectivity index (χ0v) is 11.9. The quantitative estimate of drug-likeness (QED) is 0.796. The van der Waals surface area contributed by atoms with Gasteiger partial charge in [-0.3, -0.25) is 4.79 Å². The highest BCUT2D eigenvalue weighted by Crippen LogP contribution is 2.14. The van der Waals surface area contributed by atoms with Crippen molar-refractivity contribution < 1.29 is 4.79 Å². The second-order valence-corrected chi connectivity index (χ2v) is 5.16. The number of rotatable bonds is 4. The van der Waals surface area contributed by atoms with Crippen molar-refractivity contribution in [3.63, 3.8) is 0 Å². The number of halogens is 1. The molecule has 0 aliphatic rings. The minimum Gasteiger partial charge on any atom is -0.294 e. The SMILES string of the molecule is N#Cc1cccc(C(=O)CCc2cccc(Br)c2)c1. The van der Waals surface area contributed by atoms with Gasteiger partial charge in [0, 0.05) is 16.5 Å². The van der Waals surface area contributed by atoms with Crippen molar-refractivity contribution in [3.05, 3.63) is 69.7 Å². The van der Waals surface area contributed by atoms with E-state index in [1.54, 1.807) is 24.3 Å². The van der Waals surface area contributed by atoms with Crippen LogP contribution < -0.4 is 0 Å². The van der Waals surface area contributed by atoms with Crippen molar-refractivity contribution in [2.75, 3.05) is 0 Å². The highest BCUT2D eigenvalue weighted by molar-refractivity contribution is 9.10. The first-order valence-corrected chi connectivity index (χ1v) is 6.76. The first kappa shape index (κ1) is 13.5. The molecule has 0 fully saturated rings.